The Labute approximate surface area is 228 Å². The Bertz CT molecular complexity index is 1620. The standard InChI is InChI=1S/C31H36N6O2/c1-18-13-20(3)35-31(39)26(18)16-34-30(38)25-14-24(21(4)29-28(25)19(2)17-37(29)23-6-7-23)22-5-8-27(33-15-22)36-11-9-32-10-12-36/h5,8,13-15,17,23,32H,6-7,9-12,16H2,1-4H3,(H,34,38)(H,35,39). The van der Waals surface area contributed by atoms with Gasteiger partial charge in [0.25, 0.3) is 11.5 Å². The lowest BCUT2D eigenvalue weighted by molar-refractivity contribution is 0.0952. The van der Waals surface area contributed by atoms with Crippen molar-refractivity contribution in [2.45, 2.75) is 53.1 Å². The number of H-pyrrole nitrogens is 1. The summed E-state index contributed by atoms with van der Waals surface area (Å²) in [5, 5.41) is 7.42. The van der Waals surface area contributed by atoms with Gasteiger partial charge in [0, 0.05) is 78.9 Å². The molecule has 0 unspecified atom stereocenters. The first-order valence-corrected chi connectivity index (χ1v) is 13.9. The number of hydrogen-bond acceptors (Lipinski definition) is 5. The second-order valence-corrected chi connectivity index (χ2v) is 11.0. The normalized spacial score (nSPS) is 15.6. The van der Waals surface area contributed by atoms with E-state index in [2.05, 4.69) is 57.3 Å². The van der Waals surface area contributed by atoms with Crippen LogP contribution in [0.4, 0.5) is 5.82 Å². The number of pyridine rings is 2. The average Bonchev–Trinajstić information content (AvgIpc) is 3.71. The lowest BCUT2D eigenvalue weighted by Crippen LogP contribution is -2.43. The van der Waals surface area contributed by atoms with E-state index >= 15 is 0 Å². The quantitative estimate of drug-likeness (QED) is 0.350. The Morgan fingerprint density at radius 3 is 2.51 bits per heavy atom. The van der Waals surface area contributed by atoms with E-state index in [4.69, 9.17) is 4.98 Å². The van der Waals surface area contributed by atoms with E-state index in [1.54, 1.807) is 0 Å². The molecule has 1 amide bonds. The summed E-state index contributed by atoms with van der Waals surface area (Å²) in [5.74, 6) is 0.801. The van der Waals surface area contributed by atoms with Gasteiger partial charge in [0.2, 0.25) is 0 Å². The summed E-state index contributed by atoms with van der Waals surface area (Å²) < 4.78 is 2.36. The molecule has 2 fully saturated rings. The van der Waals surface area contributed by atoms with Crippen LogP contribution in [0.15, 0.2) is 41.5 Å². The number of hydrogen-bond donors (Lipinski definition) is 3. The van der Waals surface area contributed by atoms with Crippen molar-refractivity contribution in [3.05, 3.63) is 80.5 Å². The lowest BCUT2D eigenvalue weighted by atomic mass is 9.94. The number of nitrogens with zero attached hydrogens (tertiary/aromatic N) is 3. The van der Waals surface area contributed by atoms with Crippen molar-refractivity contribution in [3.63, 3.8) is 0 Å². The predicted molar refractivity (Wildman–Crippen MR) is 156 cm³/mol. The molecular formula is C31H36N6O2. The highest BCUT2D eigenvalue weighted by atomic mass is 16.1. The van der Waals surface area contributed by atoms with E-state index in [1.165, 1.54) is 0 Å². The third-order valence-corrected chi connectivity index (χ3v) is 8.14. The molecule has 0 atom stereocenters. The molecule has 2 aliphatic rings. The van der Waals surface area contributed by atoms with E-state index in [0.717, 1.165) is 89.3 Å². The fourth-order valence-electron chi connectivity index (χ4n) is 5.94. The molecule has 8 nitrogen and oxygen atoms in total. The Kier molecular flexibility index (Phi) is 6.51. The maximum Gasteiger partial charge on any atom is 0.253 e. The van der Waals surface area contributed by atoms with Crippen LogP contribution in [-0.2, 0) is 6.54 Å². The molecule has 202 valence electrons. The number of anilines is 1. The number of nitrogens with one attached hydrogen (secondary N) is 3. The summed E-state index contributed by atoms with van der Waals surface area (Å²) in [7, 11) is 0. The molecular weight excluding hydrogens is 488 g/mol. The van der Waals surface area contributed by atoms with E-state index in [0.29, 0.717) is 17.2 Å². The van der Waals surface area contributed by atoms with Crippen molar-refractivity contribution < 1.29 is 4.79 Å². The van der Waals surface area contributed by atoms with Gasteiger partial charge in [-0.1, -0.05) is 0 Å². The number of rotatable bonds is 6. The number of aromatic nitrogens is 3. The molecule has 3 aromatic heterocycles. The maximum absolute atomic E-state index is 13.8. The number of carbonyl (C=O) groups excluding carboxylic acids is 1. The van der Waals surface area contributed by atoms with Gasteiger partial charge >= 0.3 is 0 Å². The Hall–Kier alpha value is -3.91. The minimum atomic E-state index is -0.178. The van der Waals surface area contributed by atoms with Crippen LogP contribution in [0.25, 0.3) is 22.0 Å². The fraction of sp³-hybridized carbons (Fsp3) is 0.387. The summed E-state index contributed by atoms with van der Waals surface area (Å²) in [4.78, 5) is 36.3. The van der Waals surface area contributed by atoms with Gasteiger partial charge in [-0.3, -0.25) is 9.59 Å². The number of amides is 1. The number of benzene rings is 1. The van der Waals surface area contributed by atoms with Crippen molar-refractivity contribution in [2.75, 3.05) is 31.1 Å². The van der Waals surface area contributed by atoms with Crippen LogP contribution in [0.1, 0.15) is 57.2 Å². The highest BCUT2D eigenvalue weighted by Gasteiger charge is 2.29. The smallest absolute Gasteiger partial charge is 0.253 e. The van der Waals surface area contributed by atoms with E-state index in [1.807, 2.05) is 32.2 Å². The summed E-state index contributed by atoms with van der Waals surface area (Å²) in [6, 6.07) is 8.62. The van der Waals surface area contributed by atoms with Gasteiger partial charge in [-0.25, -0.2) is 4.98 Å². The Morgan fingerprint density at radius 2 is 1.85 bits per heavy atom. The maximum atomic E-state index is 13.8. The monoisotopic (exact) mass is 524 g/mol. The molecule has 39 heavy (non-hydrogen) atoms. The Morgan fingerprint density at radius 1 is 1.08 bits per heavy atom. The highest BCUT2D eigenvalue weighted by molar-refractivity contribution is 6.10. The minimum absolute atomic E-state index is 0.158. The van der Waals surface area contributed by atoms with Crippen molar-refractivity contribution in [1.29, 1.82) is 0 Å². The first kappa shape index (κ1) is 25.4. The fourth-order valence-corrected chi connectivity index (χ4v) is 5.94. The lowest BCUT2D eigenvalue weighted by Gasteiger charge is -2.28. The average molecular weight is 525 g/mol. The largest absolute Gasteiger partial charge is 0.354 e. The molecule has 1 aliphatic heterocycles. The third-order valence-electron chi connectivity index (χ3n) is 8.14. The molecule has 1 aliphatic carbocycles. The van der Waals surface area contributed by atoms with Gasteiger partial charge in [-0.15, -0.1) is 0 Å². The van der Waals surface area contributed by atoms with Crippen molar-refractivity contribution >= 4 is 22.6 Å². The summed E-state index contributed by atoms with van der Waals surface area (Å²) >= 11 is 0. The summed E-state index contributed by atoms with van der Waals surface area (Å²) in [6.07, 6.45) is 6.44. The number of fused-ring (bicyclic) bond motifs is 1. The van der Waals surface area contributed by atoms with Crippen molar-refractivity contribution in [3.8, 4) is 11.1 Å². The molecule has 0 bridgehead atoms. The van der Waals surface area contributed by atoms with Crippen LogP contribution in [0, 0.1) is 27.7 Å². The van der Waals surface area contributed by atoms with E-state index in [9.17, 15) is 9.59 Å². The zero-order chi connectivity index (χ0) is 27.3. The van der Waals surface area contributed by atoms with Crippen LogP contribution in [0.2, 0.25) is 0 Å². The minimum Gasteiger partial charge on any atom is -0.354 e. The molecule has 4 heterocycles. The number of carbonyl (C=O) groups is 1. The zero-order valence-corrected chi connectivity index (χ0v) is 23.1. The first-order valence-electron chi connectivity index (χ1n) is 13.9. The van der Waals surface area contributed by atoms with E-state index in [-0.39, 0.29) is 18.0 Å². The van der Waals surface area contributed by atoms with Gasteiger partial charge in [0.1, 0.15) is 5.82 Å². The molecule has 1 aromatic carbocycles. The van der Waals surface area contributed by atoms with Crippen molar-refractivity contribution in [2.24, 2.45) is 0 Å². The van der Waals surface area contributed by atoms with Gasteiger partial charge in [0.05, 0.1) is 5.52 Å². The SMILES string of the molecule is Cc1cc(C)c(CNC(=O)c2cc(-c3ccc(N4CCNCC4)nc3)c(C)c3c2c(C)cn3C2CC2)c(=O)[nH]1. The molecule has 1 saturated carbocycles. The predicted octanol–water partition coefficient (Wildman–Crippen LogP) is 4.30. The van der Waals surface area contributed by atoms with Gasteiger partial charge in [0.15, 0.2) is 0 Å². The zero-order valence-electron chi connectivity index (χ0n) is 23.1. The summed E-state index contributed by atoms with van der Waals surface area (Å²) in [5.41, 5.74) is 8.11. The Balaban J connectivity index is 1.40. The van der Waals surface area contributed by atoms with Crippen LogP contribution in [0.5, 0.6) is 0 Å². The second-order valence-electron chi connectivity index (χ2n) is 11.0. The molecule has 4 aromatic rings. The molecule has 3 N–H and O–H groups in total. The third kappa shape index (κ3) is 4.74. The summed E-state index contributed by atoms with van der Waals surface area (Å²) in [6.45, 7) is 12.0. The van der Waals surface area contributed by atoms with Gasteiger partial charge in [-0.05, 0) is 87.1 Å². The molecule has 6 rings (SSSR count). The number of aromatic amines is 1. The topological polar surface area (TPSA) is 95.1 Å². The highest BCUT2D eigenvalue weighted by Crippen LogP contribution is 2.43. The van der Waals surface area contributed by atoms with Gasteiger partial charge in [-0.2, -0.15) is 0 Å². The van der Waals surface area contributed by atoms with Gasteiger partial charge < -0.3 is 25.1 Å². The number of aryl methyl sites for hydroxylation is 4. The van der Waals surface area contributed by atoms with Crippen LogP contribution >= 0.6 is 0 Å². The van der Waals surface area contributed by atoms with Crippen LogP contribution < -0.4 is 21.1 Å². The number of piperazine rings is 1. The molecule has 0 radical (unpaired) electrons. The van der Waals surface area contributed by atoms with Crippen LogP contribution in [0.3, 0.4) is 0 Å². The van der Waals surface area contributed by atoms with Crippen LogP contribution in [-0.4, -0.2) is 46.6 Å². The molecule has 0 spiro atoms. The first-order chi connectivity index (χ1) is 18.8. The molecule has 1 saturated heterocycles. The van der Waals surface area contributed by atoms with Crippen molar-refractivity contribution in [1.82, 2.24) is 25.2 Å². The van der Waals surface area contributed by atoms with E-state index < -0.39 is 0 Å². The second kappa shape index (κ2) is 10.0. The molecule has 8 heteroatoms.